The molecule has 0 fully saturated rings. The summed E-state index contributed by atoms with van der Waals surface area (Å²) in [6.45, 7) is 3.38. The minimum atomic E-state index is 0. The molecule has 0 saturated heterocycles. The molecule has 25 heavy (non-hydrogen) atoms. The summed E-state index contributed by atoms with van der Waals surface area (Å²) in [4.78, 5) is 2.39. The lowest BCUT2D eigenvalue weighted by Crippen LogP contribution is -2.31. The van der Waals surface area contributed by atoms with E-state index in [2.05, 4.69) is 57.6 Å². The lowest BCUT2D eigenvalue weighted by Gasteiger charge is -2.21. The molecule has 2 aromatic carbocycles. The van der Waals surface area contributed by atoms with Crippen LogP contribution < -0.4 is 5.73 Å². The van der Waals surface area contributed by atoms with Crippen molar-refractivity contribution in [2.45, 2.75) is 13.0 Å². The van der Waals surface area contributed by atoms with Crippen molar-refractivity contribution in [1.82, 2.24) is 15.1 Å². The Balaban J connectivity index is 0.00000225. The highest BCUT2D eigenvalue weighted by Gasteiger charge is 2.12. The molecule has 0 saturated carbocycles. The molecular weight excluding hydrogens is 332 g/mol. The Bertz CT molecular complexity index is 728. The largest absolute Gasteiger partial charge is 0.329 e. The fourth-order valence-corrected chi connectivity index (χ4v) is 2.91. The Hall–Kier alpha value is -2.14. The first-order valence-corrected chi connectivity index (χ1v) is 8.41. The molecule has 3 N–H and O–H groups in total. The summed E-state index contributed by atoms with van der Waals surface area (Å²) in [7, 11) is 0. The number of nitrogens with one attached hydrogen (secondary N) is 1. The number of rotatable bonds is 8. The fourth-order valence-electron chi connectivity index (χ4n) is 2.91. The van der Waals surface area contributed by atoms with Gasteiger partial charge in [0.05, 0.1) is 11.9 Å². The van der Waals surface area contributed by atoms with Gasteiger partial charge in [0.1, 0.15) is 0 Å². The highest BCUT2D eigenvalue weighted by molar-refractivity contribution is 5.85. The molecule has 5 heteroatoms. The molecule has 0 amide bonds. The van der Waals surface area contributed by atoms with Crippen LogP contribution in [0.4, 0.5) is 0 Å². The van der Waals surface area contributed by atoms with Crippen molar-refractivity contribution in [1.29, 1.82) is 0 Å². The van der Waals surface area contributed by atoms with E-state index in [-0.39, 0.29) is 12.4 Å². The second kappa shape index (κ2) is 9.99. The van der Waals surface area contributed by atoms with Gasteiger partial charge in [0.25, 0.3) is 0 Å². The average Bonchev–Trinajstić information content (AvgIpc) is 3.10. The van der Waals surface area contributed by atoms with Gasteiger partial charge in [0, 0.05) is 31.7 Å². The van der Waals surface area contributed by atoms with Gasteiger partial charge >= 0.3 is 0 Å². The molecule has 3 rings (SSSR count). The predicted octanol–water partition coefficient (Wildman–Crippen LogP) is 3.50. The lowest BCUT2D eigenvalue weighted by molar-refractivity contribution is 0.277. The molecule has 0 radical (unpaired) electrons. The maximum absolute atomic E-state index is 5.81. The number of halogens is 1. The average molecular weight is 357 g/mol. The summed E-state index contributed by atoms with van der Waals surface area (Å²) in [6.07, 6.45) is 2.95. The minimum absolute atomic E-state index is 0. The first kappa shape index (κ1) is 19.2. The molecule has 0 aliphatic rings. The smallest absolute Gasteiger partial charge is 0.0695 e. The van der Waals surface area contributed by atoms with Gasteiger partial charge in [0.15, 0.2) is 0 Å². The Morgan fingerprint density at radius 1 is 0.920 bits per heavy atom. The van der Waals surface area contributed by atoms with Crippen molar-refractivity contribution >= 4 is 12.4 Å². The molecular formula is C20H25ClN4. The molecule has 0 unspecified atom stereocenters. The summed E-state index contributed by atoms with van der Waals surface area (Å²) in [5, 5.41) is 7.38. The van der Waals surface area contributed by atoms with Crippen molar-refractivity contribution in [2.24, 2.45) is 5.73 Å². The van der Waals surface area contributed by atoms with Crippen LogP contribution in [-0.2, 0) is 13.0 Å². The standard InChI is InChI=1S/C20H24N4.ClH/c21-12-14-24(13-11-17-7-3-1-4-8-17)16-19-15-22-23-20(19)18-9-5-2-6-10-18;/h1-10,15H,11-14,16,21H2,(H,22,23);1H. The van der Waals surface area contributed by atoms with Crippen LogP contribution in [0, 0.1) is 0 Å². The van der Waals surface area contributed by atoms with Crippen LogP contribution in [0.2, 0.25) is 0 Å². The maximum atomic E-state index is 5.81. The van der Waals surface area contributed by atoms with Gasteiger partial charge in [-0.15, -0.1) is 12.4 Å². The summed E-state index contributed by atoms with van der Waals surface area (Å²) in [5.41, 5.74) is 10.6. The van der Waals surface area contributed by atoms with Crippen LogP contribution in [0.15, 0.2) is 66.9 Å². The maximum Gasteiger partial charge on any atom is 0.0695 e. The first-order valence-electron chi connectivity index (χ1n) is 8.41. The van der Waals surface area contributed by atoms with Gasteiger partial charge in [-0.1, -0.05) is 60.7 Å². The van der Waals surface area contributed by atoms with E-state index in [9.17, 15) is 0 Å². The van der Waals surface area contributed by atoms with Gasteiger partial charge in [-0.25, -0.2) is 0 Å². The molecule has 1 aromatic heterocycles. The molecule has 0 atom stereocenters. The number of hydrogen-bond donors (Lipinski definition) is 2. The Morgan fingerprint density at radius 2 is 1.60 bits per heavy atom. The molecule has 1 heterocycles. The number of nitrogens with two attached hydrogens (primary N) is 1. The van der Waals surface area contributed by atoms with Crippen LogP contribution in [0.5, 0.6) is 0 Å². The lowest BCUT2D eigenvalue weighted by atomic mass is 10.1. The monoisotopic (exact) mass is 356 g/mol. The molecule has 0 aliphatic heterocycles. The highest BCUT2D eigenvalue weighted by Crippen LogP contribution is 2.22. The zero-order valence-electron chi connectivity index (χ0n) is 14.3. The van der Waals surface area contributed by atoms with E-state index in [0.717, 1.165) is 31.7 Å². The van der Waals surface area contributed by atoms with E-state index in [1.165, 1.54) is 16.7 Å². The third-order valence-corrected chi connectivity index (χ3v) is 4.18. The minimum Gasteiger partial charge on any atom is -0.329 e. The van der Waals surface area contributed by atoms with Crippen LogP contribution >= 0.6 is 12.4 Å². The summed E-state index contributed by atoms with van der Waals surface area (Å²) in [5.74, 6) is 0. The number of hydrogen-bond acceptors (Lipinski definition) is 3. The molecule has 3 aromatic rings. The summed E-state index contributed by atoms with van der Waals surface area (Å²) >= 11 is 0. The normalized spacial score (nSPS) is 10.6. The zero-order chi connectivity index (χ0) is 16.6. The van der Waals surface area contributed by atoms with E-state index in [4.69, 9.17) is 5.73 Å². The third-order valence-electron chi connectivity index (χ3n) is 4.18. The second-order valence-corrected chi connectivity index (χ2v) is 5.94. The van der Waals surface area contributed by atoms with Crippen molar-refractivity contribution in [3.8, 4) is 11.3 Å². The summed E-state index contributed by atoms with van der Waals surface area (Å²) in [6, 6.07) is 20.9. The van der Waals surface area contributed by atoms with E-state index in [1.807, 2.05) is 24.4 Å². The van der Waals surface area contributed by atoms with Gasteiger partial charge in [-0.05, 0) is 17.5 Å². The Labute approximate surface area is 155 Å². The van der Waals surface area contributed by atoms with Gasteiger partial charge in [-0.3, -0.25) is 10.00 Å². The third kappa shape index (κ3) is 5.43. The Kier molecular flexibility index (Phi) is 7.67. The van der Waals surface area contributed by atoms with Crippen LogP contribution in [-0.4, -0.2) is 34.7 Å². The van der Waals surface area contributed by atoms with E-state index < -0.39 is 0 Å². The van der Waals surface area contributed by atoms with Crippen molar-refractivity contribution in [3.63, 3.8) is 0 Å². The van der Waals surface area contributed by atoms with Crippen LogP contribution in [0.1, 0.15) is 11.1 Å². The molecule has 0 aliphatic carbocycles. The molecule has 4 nitrogen and oxygen atoms in total. The van der Waals surface area contributed by atoms with E-state index >= 15 is 0 Å². The number of aromatic amines is 1. The first-order chi connectivity index (χ1) is 11.9. The number of benzene rings is 2. The van der Waals surface area contributed by atoms with Gasteiger partial charge in [0.2, 0.25) is 0 Å². The molecule has 0 bridgehead atoms. The van der Waals surface area contributed by atoms with Crippen molar-refractivity contribution in [2.75, 3.05) is 19.6 Å². The van der Waals surface area contributed by atoms with Crippen molar-refractivity contribution in [3.05, 3.63) is 78.0 Å². The van der Waals surface area contributed by atoms with Crippen LogP contribution in [0.3, 0.4) is 0 Å². The van der Waals surface area contributed by atoms with Gasteiger partial charge < -0.3 is 5.73 Å². The van der Waals surface area contributed by atoms with Crippen LogP contribution in [0.25, 0.3) is 11.3 Å². The Morgan fingerprint density at radius 3 is 2.28 bits per heavy atom. The second-order valence-electron chi connectivity index (χ2n) is 5.94. The van der Waals surface area contributed by atoms with Crippen molar-refractivity contribution < 1.29 is 0 Å². The number of aromatic nitrogens is 2. The SMILES string of the molecule is Cl.NCCN(CCc1ccccc1)Cc1cn[nH]c1-c1ccccc1. The topological polar surface area (TPSA) is 57.9 Å². The quantitative estimate of drug-likeness (QED) is 0.649. The molecule has 132 valence electrons. The predicted molar refractivity (Wildman–Crippen MR) is 106 cm³/mol. The number of nitrogens with zero attached hydrogens (tertiary/aromatic N) is 2. The zero-order valence-corrected chi connectivity index (χ0v) is 15.1. The van der Waals surface area contributed by atoms with E-state index in [0.29, 0.717) is 6.54 Å². The highest BCUT2D eigenvalue weighted by atomic mass is 35.5. The fraction of sp³-hybridized carbons (Fsp3) is 0.250. The van der Waals surface area contributed by atoms with Gasteiger partial charge in [-0.2, -0.15) is 5.10 Å². The molecule has 0 spiro atoms. The summed E-state index contributed by atoms with van der Waals surface area (Å²) < 4.78 is 0. The van der Waals surface area contributed by atoms with E-state index in [1.54, 1.807) is 0 Å². The number of H-pyrrole nitrogens is 1.